The summed E-state index contributed by atoms with van der Waals surface area (Å²) in [7, 11) is 0. The summed E-state index contributed by atoms with van der Waals surface area (Å²) in [5, 5.41) is 7.32. The van der Waals surface area contributed by atoms with Crippen molar-refractivity contribution in [3.05, 3.63) is 18.0 Å². The number of fused-ring (bicyclic) bond motifs is 1. The minimum absolute atomic E-state index is 0.224. The van der Waals surface area contributed by atoms with Gasteiger partial charge in [-0.3, -0.25) is 9.59 Å². The lowest BCUT2D eigenvalue weighted by molar-refractivity contribution is -0.165. The molecule has 1 amide bonds. The number of anilines is 1. The number of nitrogens with zero attached hydrogens (tertiary/aromatic N) is 2. The molecule has 0 atom stereocenters. The van der Waals surface area contributed by atoms with Crippen molar-refractivity contribution >= 4 is 28.7 Å². The fourth-order valence-corrected chi connectivity index (χ4v) is 2.78. The number of esters is 1. The molecule has 1 aliphatic heterocycles. The van der Waals surface area contributed by atoms with Gasteiger partial charge in [-0.1, -0.05) is 5.16 Å². The largest absolute Gasteiger partial charge is 0.465 e. The number of hydrogen-bond acceptors (Lipinski definition) is 7. The third kappa shape index (κ3) is 2.84. The summed E-state index contributed by atoms with van der Waals surface area (Å²) < 4.78 is 15.5. The molecule has 24 heavy (non-hydrogen) atoms. The summed E-state index contributed by atoms with van der Waals surface area (Å²) in [5.41, 5.74) is 0.331. The number of rotatable bonds is 4. The van der Waals surface area contributed by atoms with Crippen molar-refractivity contribution in [1.29, 1.82) is 0 Å². The molecule has 0 bridgehead atoms. The highest BCUT2D eigenvalue weighted by Gasteiger charge is 2.48. The number of aromatic nitrogens is 2. The Balaban J connectivity index is 1.86. The molecule has 0 saturated carbocycles. The van der Waals surface area contributed by atoms with E-state index in [9.17, 15) is 9.59 Å². The summed E-state index contributed by atoms with van der Waals surface area (Å²) in [6.07, 6.45) is 2.06. The molecule has 1 aliphatic rings. The van der Waals surface area contributed by atoms with Gasteiger partial charge in [-0.05, 0) is 32.8 Å². The van der Waals surface area contributed by atoms with E-state index in [0.717, 1.165) is 0 Å². The van der Waals surface area contributed by atoms with Crippen molar-refractivity contribution in [1.82, 2.24) is 10.1 Å². The Hall–Kier alpha value is -2.48. The molecule has 2 aromatic heterocycles. The molecule has 8 nitrogen and oxygen atoms in total. The van der Waals surface area contributed by atoms with E-state index in [0.29, 0.717) is 48.5 Å². The van der Waals surface area contributed by atoms with E-state index in [4.69, 9.17) is 14.0 Å². The minimum atomic E-state index is -1.23. The van der Waals surface area contributed by atoms with Crippen LogP contribution >= 0.6 is 0 Å². The van der Waals surface area contributed by atoms with Crippen LogP contribution in [0.2, 0.25) is 0 Å². The van der Waals surface area contributed by atoms with E-state index in [2.05, 4.69) is 15.5 Å². The van der Waals surface area contributed by atoms with E-state index in [-0.39, 0.29) is 6.61 Å². The summed E-state index contributed by atoms with van der Waals surface area (Å²) in [5.74, 6) is -0.916. The Morgan fingerprint density at radius 2 is 2.12 bits per heavy atom. The summed E-state index contributed by atoms with van der Waals surface area (Å²) in [4.78, 5) is 29.3. The van der Waals surface area contributed by atoms with Crippen molar-refractivity contribution in [3.63, 3.8) is 0 Å². The van der Waals surface area contributed by atoms with Crippen molar-refractivity contribution in [2.75, 3.05) is 25.1 Å². The highest BCUT2D eigenvalue weighted by molar-refractivity contribution is 6.09. The summed E-state index contributed by atoms with van der Waals surface area (Å²) in [6, 6.07) is 1.73. The SMILES string of the molecule is CCOC(=O)C1(C(=O)Nc2cnc3onc(C)c3c2)CCOCC1. The van der Waals surface area contributed by atoms with E-state index in [1.54, 1.807) is 19.9 Å². The van der Waals surface area contributed by atoms with Crippen LogP contribution in [0.25, 0.3) is 11.1 Å². The van der Waals surface area contributed by atoms with E-state index in [1.165, 1.54) is 6.20 Å². The van der Waals surface area contributed by atoms with Crippen molar-refractivity contribution in [2.24, 2.45) is 5.41 Å². The van der Waals surface area contributed by atoms with Crippen LogP contribution < -0.4 is 5.32 Å². The Bertz CT molecular complexity index is 764. The number of hydrogen-bond donors (Lipinski definition) is 1. The molecule has 3 heterocycles. The van der Waals surface area contributed by atoms with Crippen LogP contribution in [0, 0.1) is 12.3 Å². The fraction of sp³-hybridized carbons (Fsp3) is 0.500. The smallest absolute Gasteiger partial charge is 0.321 e. The molecule has 1 N–H and O–H groups in total. The van der Waals surface area contributed by atoms with Crippen LogP contribution in [0.15, 0.2) is 16.8 Å². The van der Waals surface area contributed by atoms with Gasteiger partial charge in [0.25, 0.3) is 5.71 Å². The average molecular weight is 333 g/mol. The number of pyridine rings is 1. The minimum Gasteiger partial charge on any atom is -0.465 e. The zero-order chi connectivity index (χ0) is 17.2. The lowest BCUT2D eigenvalue weighted by Gasteiger charge is -2.33. The van der Waals surface area contributed by atoms with E-state index < -0.39 is 17.3 Å². The molecule has 0 radical (unpaired) electrons. The molecule has 128 valence electrons. The number of carbonyl (C=O) groups excluding carboxylic acids is 2. The van der Waals surface area contributed by atoms with E-state index >= 15 is 0 Å². The third-order valence-corrected chi connectivity index (χ3v) is 4.22. The van der Waals surface area contributed by atoms with Crippen molar-refractivity contribution in [2.45, 2.75) is 26.7 Å². The van der Waals surface area contributed by atoms with Gasteiger partial charge in [-0.15, -0.1) is 0 Å². The predicted molar refractivity (Wildman–Crippen MR) is 84.3 cm³/mol. The molecule has 1 fully saturated rings. The van der Waals surface area contributed by atoms with Gasteiger partial charge in [0.15, 0.2) is 5.41 Å². The van der Waals surface area contributed by atoms with Crippen LogP contribution in [-0.2, 0) is 19.1 Å². The van der Waals surface area contributed by atoms with Crippen LogP contribution in [0.4, 0.5) is 5.69 Å². The normalized spacial score (nSPS) is 16.8. The maximum absolute atomic E-state index is 12.8. The third-order valence-electron chi connectivity index (χ3n) is 4.22. The van der Waals surface area contributed by atoms with Gasteiger partial charge in [0.1, 0.15) is 0 Å². The quantitative estimate of drug-likeness (QED) is 0.672. The highest BCUT2D eigenvalue weighted by Crippen LogP contribution is 2.34. The van der Waals surface area contributed by atoms with Crippen LogP contribution in [0.5, 0.6) is 0 Å². The van der Waals surface area contributed by atoms with Gasteiger partial charge in [0.2, 0.25) is 5.91 Å². The van der Waals surface area contributed by atoms with Crippen molar-refractivity contribution < 1.29 is 23.6 Å². The lowest BCUT2D eigenvalue weighted by atomic mass is 9.79. The van der Waals surface area contributed by atoms with Gasteiger partial charge in [-0.2, -0.15) is 0 Å². The molecule has 2 aromatic rings. The van der Waals surface area contributed by atoms with Gasteiger partial charge >= 0.3 is 5.97 Å². The maximum atomic E-state index is 12.8. The number of ether oxygens (including phenoxy) is 2. The zero-order valence-electron chi connectivity index (χ0n) is 13.6. The Morgan fingerprint density at radius 1 is 1.38 bits per heavy atom. The highest BCUT2D eigenvalue weighted by atomic mass is 16.5. The molecule has 0 unspecified atom stereocenters. The van der Waals surface area contributed by atoms with Gasteiger partial charge in [0, 0.05) is 13.2 Å². The average Bonchev–Trinajstić information content (AvgIpc) is 2.96. The molecule has 0 aliphatic carbocycles. The first-order chi connectivity index (χ1) is 11.6. The van der Waals surface area contributed by atoms with Crippen LogP contribution in [0.1, 0.15) is 25.5 Å². The molecule has 3 rings (SSSR count). The van der Waals surface area contributed by atoms with Gasteiger partial charge < -0.3 is 19.3 Å². The van der Waals surface area contributed by atoms with E-state index in [1.807, 2.05) is 0 Å². The number of carbonyl (C=O) groups is 2. The zero-order valence-corrected chi connectivity index (χ0v) is 13.6. The predicted octanol–water partition coefficient (Wildman–Crippen LogP) is 1.83. The van der Waals surface area contributed by atoms with Gasteiger partial charge in [-0.25, -0.2) is 4.98 Å². The molecule has 0 spiro atoms. The molecular formula is C16H19N3O5. The summed E-state index contributed by atoms with van der Waals surface area (Å²) >= 11 is 0. The number of amides is 1. The first kappa shape index (κ1) is 16.4. The Kier molecular flexibility index (Phi) is 4.48. The molecule has 0 aromatic carbocycles. The number of nitrogens with one attached hydrogen (secondary N) is 1. The Labute approximate surface area is 138 Å². The number of aryl methyl sites for hydroxylation is 1. The van der Waals surface area contributed by atoms with Crippen LogP contribution in [0.3, 0.4) is 0 Å². The first-order valence-corrected chi connectivity index (χ1v) is 7.85. The van der Waals surface area contributed by atoms with Crippen LogP contribution in [-0.4, -0.2) is 41.8 Å². The molecule has 8 heteroatoms. The standard InChI is InChI=1S/C16H19N3O5/c1-3-23-15(21)16(4-6-22-7-5-16)14(20)18-11-8-12-10(2)19-24-13(12)17-9-11/h8-9H,3-7H2,1-2H3,(H,18,20). The second kappa shape index (κ2) is 6.56. The van der Waals surface area contributed by atoms with Gasteiger partial charge in [0.05, 0.1) is 29.6 Å². The fourth-order valence-electron chi connectivity index (χ4n) is 2.78. The second-order valence-corrected chi connectivity index (χ2v) is 5.71. The molecular weight excluding hydrogens is 314 g/mol. The summed E-state index contributed by atoms with van der Waals surface area (Å²) in [6.45, 7) is 4.41. The first-order valence-electron chi connectivity index (χ1n) is 7.85. The topological polar surface area (TPSA) is 104 Å². The maximum Gasteiger partial charge on any atom is 0.321 e. The Morgan fingerprint density at radius 3 is 2.83 bits per heavy atom. The molecule has 1 saturated heterocycles. The monoisotopic (exact) mass is 333 g/mol. The second-order valence-electron chi connectivity index (χ2n) is 5.71. The lowest BCUT2D eigenvalue weighted by Crippen LogP contribution is -2.48. The van der Waals surface area contributed by atoms with Crippen molar-refractivity contribution in [3.8, 4) is 0 Å².